The summed E-state index contributed by atoms with van der Waals surface area (Å²) in [6.45, 7) is 3.31. The van der Waals surface area contributed by atoms with Crippen LogP contribution in [0.2, 0.25) is 0 Å². The maximum atomic E-state index is 13.0. The molecule has 0 saturated carbocycles. The molecule has 0 spiro atoms. The van der Waals surface area contributed by atoms with Crippen LogP contribution in [0.25, 0.3) is 5.65 Å². The van der Waals surface area contributed by atoms with Crippen molar-refractivity contribution in [1.29, 1.82) is 0 Å². The fourth-order valence-corrected chi connectivity index (χ4v) is 3.14. The molecule has 8 nitrogen and oxygen atoms in total. The maximum absolute atomic E-state index is 13.0. The quantitative estimate of drug-likeness (QED) is 0.685. The number of fused-ring (bicyclic) bond motifs is 1. The van der Waals surface area contributed by atoms with Crippen LogP contribution in [0.15, 0.2) is 17.1 Å². The lowest BCUT2D eigenvalue weighted by Gasteiger charge is -2.12. The Kier molecular flexibility index (Phi) is 5.01. The summed E-state index contributed by atoms with van der Waals surface area (Å²) in [7, 11) is 1.39. The first-order valence-electron chi connectivity index (χ1n) is 8.50. The van der Waals surface area contributed by atoms with Crippen molar-refractivity contribution in [2.24, 2.45) is 7.05 Å². The summed E-state index contributed by atoms with van der Waals surface area (Å²) in [6.07, 6.45) is -3.38. The molecule has 3 rings (SSSR count). The average molecular weight is 396 g/mol. The summed E-state index contributed by atoms with van der Waals surface area (Å²) >= 11 is 0. The van der Waals surface area contributed by atoms with E-state index in [1.54, 1.807) is 18.4 Å². The van der Waals surface area contributed by atoms with Gasteiger partial charge >= 0.3 is 6.18 Å². The lowest BCUT2D eigenvalue weighted by atomic mass is 10.1. The monoisotopic (exact) mass is 396 g/mol. The van der Waals surface area contributed by atoms with Crippen molar-refractivity contribution in [3.63, 3.8) is 0 Å². The number of hydrogen-bond donors (Lipinski definition) is 2. The Morgan fingerprint density at radius 3 is 2.71 bits per heavy atom. The second-order valence-electron chi connectivity index (χ2n) is 6.48. The first-order chi connectivity index (χ1) is 13.1. The minimum Gasteiger partial charge on any atom is -0.350 e. The van der Waals surface area contributed by atoms with E-state index in [0.717, 1.165) is 22.1 Å². The van der Waals surface area contributed by atoms with Crippen LogP contribution in [0.3, 0.4) is 0 Å². The van der Waals surface area contributed by atoms with Crippen LogP contribution >= 0.6 is 0 Å². The van der Waals surface area contributed by atoms with E-state index in [4.69, 9.17) is 0 Å². The maximum Gasteiger partial charge on any atom is 0.419 e. The molecule has 0 aliphatic rings. The molecule has 150 valence electrons. The van der Waals surface area contributed by atoms with Crippen molar-refractivity contribution < 1.29 is 18.0 Å². The van der Waals surface area contributed by atoms with Crippen LogP contribution in [0, 0.1) is 13.8 Å². The molecule has 0 bridgehead atoms. The van der Waals surface area contributed by atoms with Crippen molar-refractivity contribution in [3.8, 4) is 0 Å². The highest BCUT2D eigenvalue weighted by Crippen LogP contribution is 2.31. The third-order valence-electron chi connectivity index (χ3n) is 4.62. The van der Waals surface area contributed by atoms with Gasteiger partial charge in [-0.15, -0.1) is 0 Å². The van der Waals surface area contributed by atoms with Gasteiger partial charge in [0.05, 0.1) is 24.0 Å². The van der Waals surface area contributed by atoms with Gasteiger partial charge in [0.2, 0.25) is 5.91 Å². The second-order valence-corrected chi connectivity index (χ2v) is 6.48. The Balaban J connectivity index is 1.68. The molecule has 11 heteroatoms. The molecule has 3 aromatic heterocycles. The molecule has 0 aromatic carbocycles. The van der Waals surface area contributed by atoms with Crippen LogP contribution in [0.1, 0.15) is 34.6 Å². The minimum absolute atomic E-state index is 0.0690. The van der Waals surface area contributed by atoms with E-state index >= 15 is 0 Å². The molecule has 28 heavy (non-hydrogen) atoms. The van der Waals surface area contributed by atoms with E-state index in [-0.39, 0.29) is 24.2 Å². The molecule has 0 aliphatic heterocycles. The molecule has 3 aromatic rings. The third kappa shape index (κ3) is 3.78. The van der Waals surface area contributed by atoms with Gasteiger partial charge in [-0.1, -0.05) is 0 Å². The number of hydrogen-bond acceptors (Lipinski definition) is 4. The Labute approximate surface area is 157 Å². The number of aryl methyl sites for hydroxylation is 3. The van der Waals surface area contributed by atoms with Crippen LogP contribution in [0.5, 0.6) is 0 Å². The fourth-order valence-electron chi connectivity index (χ4n) is 3.14. The topological polar surface area (TPSA) is 97.1 Å². The Hall–Kier alpha value is -3.11. The lowest BCUT2D eigenvalue weighted by molar-refractivity contribution is -0.138. The van der Waals surface area contributed by atoms with Gasteiger partial charge in [0, 0.05) is 30.9 Å². The molecular formula is C17H19F3N6O2. The van der Waals surface area contributed by atoms with Crippen molar-refractivity contribution >= 4 is 11.6 Å². The van der Waals surface area contributed by atoms with Gasteiger partial charge in [-0.2, -0.15) is 18.3 Å². The van der Waals surface area contributed by atoms with Crippen LogP contribution < -0.4 is 10.9 Å². The first kappa shape index (κ1) is 19.6. The highest BCUT2D eigenvalue weighted by Gasteiger charge is 2.35. The van der Waals surface area contributed by atoms with Gasteiger partial charge in [0.25, 0.3) is 5.56 Å². The largest absolute Gasteiger partial charge is 0.419 e. The van der Waals surface area contributed by atoms with Gasteiger partial charge in [0.1, 0.15) is 0 Å². The zero-order chi connectivity index (χ0) is 20.6. The fraction of sp³-hybridized carbons (Fsp3) is 0.412. The van der Waals surface area contributed by atoms with E-state index in [1.165, 1.54) is 13.1 Å². The first-order valence-corrected chi connectivity index (χ1v) is 8.50. The molecule has 0 aliphatic carbocycles. The van der Waals surface area contributed by atoms with Crippen LogP contribution in [-0.2, 0) is 31.0 Å². The van der Waals surface area contributed by atoms with Gasteiger partial charge in [-0.3, -0.25) is 19.4 Å². The van der Waals surface area contributed by atoms with Crippen molar-refractivity contribution in [2.45, 2.75) is 39.4 Å². The number of H-pyrrole nitrogens is 1. The van der Waals surface area contributed by atoms with E-state index in [0.29, 0.717) is 17.8 Å². The summed E-state index contributed by atoms with van der Waals surface area (Å²) in [6, 6.07) is 1.38. The number of alkyl halides is 3. The molecule has 0 radical (unpaired) electrons. The summed E-state index contributed by atoms with van der Waals surface area (Å²) < 4.78 is 41.6. The third-order valence-corrected chi connectivity index (χ3v) is 4.62. The Morgan fingerprint density at radius 1 is 1.32 bits per heavy atom. The number of carbonyl (C=O) groups is 1. The molecular weight excluding hydrogens is 377 g/mol. The standard InChI is InChI=1S/C17H19F3N6O2/c1-9-11(10(2)26-14(23-9)6-16(28)24-26)4-5-15(27)21-8-13-12(17(18,19)20)7-22-25(13)3/h6-7H,4-5,8H2,1-3H3,(H,21,27)(H,24,28). The minimum atomic E-state index is -4.53. The molecule has 0 saturated heterocycles. The Bertz CT molecular complexity index is 1090. The van der Waals surface area contributed by atoms with E-state index in [2.05, 4.69) is 20.5 Å². The van der Waals surface area contributed by atoms with E-state index < -0.39 is 17.6 Å². The Morgan fingerprint density at radius 2 is 2.04 bits per heavy atom. The molecule has 1 amide bonds. The van der Waals surface area contributed by atoms with Crippen molar-refractivity contribution in [3.05, 3.63) is 50.8 Å². The number of nitrogens with zero attached hydrogens (tertiary/aromatic N) is 4. The molecule has 2 N–H and O–H groups in total. The number of nitrogens with one attached hydrogen (secondary N) is 2. The molecule has 0 atom stereocenters. The predicted molar refractivity (Wildman–Crippen MR) is 93.7 cm³/mol. The number of aromatic nitrogens is 5. The number of aromatic amines is 1. The average Bonchev–Trinajstić information content (AvgIpc) is 3.14. The second kappa shape index (κ2) is 7.13. The summed E-state index contributed by atoms with van der Waals surface area (Å²) in [5.74, 6) is -0.394. The zero-order valence-electron chi connectivity index (χ0n) is 15.5. The normalized spacial score (nSPS) is 11.9. The van der Waals surface area contributed by atoms with Crippen LogP contribution in [-0.4, -0.2) is 30.3 Å². The van der Waals surface area contributed by atoms with Gasteiger partial charge < -0.3 is 5.32 Å². The smallest absolute Gasteiger partial charge is 0.350 e. The number of halogens is 3. The predicted octanol–water partition coefficient (Wildman–Crippen LogP) is 1.64. The number of carbonyl (C=O) groups excluding carboxylic acids is 1. The summed E-state index contributed by atoms with van der Waals surface area (Å²) in [4.78, 5) is 28.0. The summed E-state index contributed by atoms with van der Waals surface area (Å²) in [5, 5.41) is 8.75. The summed E-state index contributed by atoms with van der Waals surface area (Å²) in [5.41, 5.74) is 1.48. The molecule has 0 unspecified atom stereocenters. The SMILES string of the molecule is Cc1nc2cc(=O)[nH]n2c(C)c1CCC(=O)NCc1c(C(F)(F)F)cnn1C. The van der Waals surface area contributed by atoms with Crippen LogP contribution in [0.4, 0.5) is 13.2 Å². The van der Waals surface area contributed by atoms with Gasteiger partial charge in [0.15, 0.2) is 5.65 Å². The highest BCUT2D eigenvalue weighted by molar-refractivity contribution is 5.76. The van der Waals surface area contributed by atoms with E-state index in [9.17, 15) is 22.8 Å². The van der Waals surface area contributed by atoms with Crippen molar-refractivity contribution in [2.75, 3.05) is 0 Å². The van der Waals surface area contributed by atoms with E-state index in [1.807, 2.05) is 0 Å². The zero-order valence-corrected chi connectivity index (χ0v) is 15.5. The highest BCUT2D eigenvalue weighted by atomic mass is 19.4. The lowest BCUT2D eigenvalue weighted by Crippen LogP contribution is -2.26. The van der Waals surface area contributed by atoms with Crippen molar-refractivity contribution in [1.82, 2.24) is 29.7 Å². The number of amides is 1. The molecule has 3 heterocycles. The molecule has 0 fully saturated rings. The van der Waals surface area contributed by atoms with Gasteiger partial charge in [-0.05, 0) is 25.8 Å². The number of rotatable bonds is 5. The van der Waals surface area contributed by atoms with Gasteiger partial charge in [-0.25, -0.2) is 9.50 Å².